The van der Waals surface area contributed by atoms with E-state index < -0.39 is 0 Å². The van der Waals surface area contributed by atoms with Crippen LogP contribution in [0.3, 0.4) is 0 Å². The lowest BCUT2D eigenvalue weighted by Crippen LogP contribution is -1.95. The Bertz CT molecular complexity index is 415. The topological polar surface area (TPSA) is 0 Å². The van der Waals surface area contributed by atoms with E-state index in [0.717, 1.165) is 11.1 Å². The maximum absolute atomic E-state index is 13.2. The van der Waals surface area contributed by atoms with Crippen LogP contribution < -0.4 is 0 Å². The van der Waals surface area contributed by atoms with E-state index in [1.54, 1.807) is 6.07 Å². The summed E-state index contributed by atoms with van der Waals surface area (Å²) in [4.78, 5) is 0. The molecular formula is C18H28F2. The van der Waals surface area contributed by atoms with Crippen molar-refractivity contribution in [1.29, 1.82) is 0 Å². The lowest BCUT2D eigenvalue weighted by molar-refractivity contribution is 0.623. The summed E-state index contributed by atoms with van der Waals surface area (Å²) in [7, 11) is 0.500. The number of allylic oxidation sites excluding steroid dienone is 4. The van der Waals surface area contributed by atoms with Gasteiger partial charge in [0, 0.05) is 0 Å². The van der Waals surface area contributed by atoms with Crippen molar-refractivity contribution in [1.82, 2.24) is 0 Å². The smallest absolute Gasteiger partial charge is 0.123 e. The van der Waals surface area contributed by atoms with Crippen molar-refractivity contribution in [2.45, 2.75) is 47.5 Å². The molecule has 0 heterocycles. The van der Waals surface area contributed by atoms with Gasteiger partial charge in [0.15, 0.2) is 0 Å². The first-order valence-corrected chi connectivity index (χ1v) is 7.03. The van der Waals surface area contributed by atoms with E-state index in [-0.39, 0.29) is 5.82 Å². The Kier molecular flexibility index (Phi) is 13.1. The molecule has 0 aromatic heterocycles. The van der Waals surface area contributed by atoms with Crippen molar-refractivity contribution < 1.29 is 8.78 Å². The zero-order chi connectivity index (χ0) is 16.1. The minimum absolute atomic E-state index is 0.161. The maximum Gasteiger partial charge on any atom is 0.123 e. The minimum atomic E-state index is -0.161. The number of benzene rings is 1. The summed E-state index contributed by atoms with van der Waals surface area (Å²) in [5.41, 5.74) is 3.37. The van der Waals surface area contributed by atoms with Crippen molar-refractivity contribution >= 4 is 5.57 Å². The SMILES string of the molecule is C/C=C\C=C(/C)c1ccc(F)cc1C(C)C.CC.CF. The summed E-state index contributed by atoms with van der Waals surface area (Å²) in [5.74, 6) is 0.172. The van der Waals surface area contributed by atoms with Gasteiger partial charge in [-0.2, -0.15) is 0 Å². The first-order valence-electron chi connectivity index (χ1n) is 7.03. The fourth-order valence-corrected chi connectivity index (χ4v) is 1.70. The molecule has 0 nitrogen and oxygen atoms in total. The van der Waals surface area contributed by atoms with Crippen LogP contribution in [-0.4, -0.2) is 7.18 Å². The zero-order valence-electron chi connectivity index (χ0n) is 13.8. The van der Waals surface area contributed by atoms with Gasteiger partial charge in [0.1, 0.15) is 5.82 Å². The summed E-state index contributed by atoms with van der Waals surface area (Å²) >= 11 is 0. The Balaban J connectivity index is 0. The fourth-order valence-electron chi connectivity index (χ4n) is 1.70. The van der Waals surface area contributed by atoms with Crippen LogP contribution >= 0.6 is 0 Å². The fraction of sp³-hybridized carbons (Fsp3) is 0.444. The Labute approximate surface area is 123 Å². The molecular weight excluding hydrogens is 254 g/mol. The van der Waals surface area contributed by atoms with Crippen molar-refractivity contribution in [3.63, 3.8) is 0 Å². The van der Waals surface area contributed by atoms with Crippen LogP contribution in [0.4, 0.5) is 8.78 Å². The van der Waals surface area contributed by atoms with Gasteiger partial charge in [0.2, 0.25) is 0 Å². The van der Waals surface area contributed by atoms with Gasteiger partial charge in [-0.3, -0.25) is 4.39 Å². The van der Waals surface area contributed by atoms with Crippen molar-refractivity contribution in [2.75, 3.05) is 7.18 Å². The first kappa shape index (κ1) is 20.9. The highest BCUT2D eigenvalue weighted by Gasteiger charge is 2.08. The van der Waals surface area contributed by atoms with Crippen LogP contribution in [0.1, 0.15) is 58.6 Å². The lowest BCUT2D eigenvalue weighted by Gasteiger charge is -2.13. The number of halogens is 2. The van der Waals surface area contributed by atoms with E-state index in [1.165, 1.54) is 11.6 Å². The van der Waals surface area contributed by atoms with Gasteiger partial charge in [0.05, 0.1) is 7.18 Å². The molecule has 0 radical (unpaired) electrons. The number of hydrogen-bond donors (Lipinski definition) is 0. The molecule has 0 atom stereocenters. The van der Waals surface area contributed by atoms with Gasteiger partial charge in [-0.05, 0) is 48.6 Å². The summed E-state index contributed by atoms with van der Waals surface area (Å²) in [6.07, 6.45) is 6.05. The van der Waals surface area contributed by atoms with E-state index in [1.807, 2.05) is 39.0 Å². The Morgan fingerprint density at radius 3 is 2.15 bits per heavy atom. The average Bonchev–Trinajstić information content (AvgIpc) is 2.48. The molecule has 0 aliphatic carbocycles. The Hall–Kier alpha value is -1.44. The summed E-state index contributed by atoms with van der Waals surface area (Å²) in [6.45, 7) is 12.2. The molecule has 0 fully saturated rings. The molecule has 1 aromatic carbocycles. The molecule has 0 amide bonds. The van der Waals surface area contributed by atoms with Gasteiger partial charge in [-0.15, -0.1) is 0 Å². The monoisotopic (exact) mass is 282 g/mol. The highest BCUT2D eigenvalue weighted by molar-refractivity contribution is 5.68. The van der Waals surface area contributed by atoms with Crippen molar-refractivity contribution in [2.24, 2.45) is 0 Å². The van der Waals surface area contributed by atoms with E-state index in [9.17, 15) is 8.78 Å². The standard InChI is InChI=1S/C15H19F.C2H6.CH3F/c1-5-6-7-12(4)14-9-8-13(16)10-15(14)11(2)3;2*1-2/h5-11H,1-4H3;1-2H3;1H3/b6-5-,12-7+;;. The minimum Gasteiger partial charge on any atom is -0.255 e. The summed E-state index contributed by atoms with van der Waals surface area (Å²) in [5, 5.41) is 0. The predicted octanol–water partition coefficient (Wildman–Crippen LogP) is 6.54. The molecule has 0 aliphatic heterocycles. The largest absolute Gasteiger partial charge is 0.255 e. The molecule has 1 rings (SSSR count). The second-order valence-electron chi connectivity index (χ2n) is 4.26. The molecule has 2 heteroatoms. The van der Waals surface area contributed by atoms with E-state index in [4.69, 9.17) is 0 Å². The number of hydrogen-bond acceptors (Lipinski definition) is 0. The maximum atomic E-state index is 13.2. The Morgan fingerprint density at radius 1 is 1.15 bits per heavy atom. The Morgan fingerprint density at radius 2 is 1.70 bits per heavy atom. The normalized spacial score (nSPS) is 10.8. The summed E-state index contributed by atoms with van der Waals surface area (Å²) in [6, 6.07) is 5.02. The van der Waals surface area contributed by atoms with Gasteiger partial charge in [-0.1, -0.05) is 52.0 Å². The highest BCUT2D eigenvalue weighted by Crippen LogP contribution is 2.26. The quantitative estimate of drug-likeness (QED) is 0.552. The average molecular weight is 282 g/mol. The highest BCUT2D eigenvalue weighted by atomic mass is 19.1. The molecule has 20 heavy (non-hydrogen) atoms. The molecule has 0 unspecified atom stereocenters. The second kappa shape index (κ2) is 12.6. The third-order valence-corrected chi connectivity index (χ3v) is 2.60. The third kappa shape index (κ3) is 7.22. The number of alkyl halides is 1. The molecule has 1 aromatic rings. The van der Waals surface area contributed by atoms with Crippen LogP contribution in [0.2, 0.25) is 0 Å². The zero-order valence-corrected chi connectivity index (χ0v) is 13.8. The molecule has 0 saturated heterocycles. The van der Waals surface area contributed by atoms with Gasteiger partial charge in [0.25, 0.3) is 0 Å². The van der Waals surface area contributed by atoms with Crippen LogP contribution in [-0.2, 0) is 0 Å². The molecule has 0 saturated carbocycles. The molecule has 0 aliphatic rings. The molecule has 0 spiro atoms. The van der Waals surface area contributed by atoms with Crippen LogP contribution in [0.5, 0.6) is 0 Å². The number of rotatable bonds is 3. The second-order valence-corrected chi connectivity index (χ2v) is 4.26. The van der Waals surface area contributed by atoms with Gasteiger partial charge in [-0.25, -0.2) is 4.39 Å². The lowest BCUT2D eigenvalue weighted by atomic mass is 9.93. The van der Waals surface area contributed by atoms with E-state index in [2.05, 4.69) is 26.8 Å². The van der Waals surface area contributed by atoms with Gasteiger partial charge >= 0.3 is 0 Å². The van der Waals surface area contributed by atoms with Crippen molar-refractivity contribution in [3.8, 4) is 0 Å². The van der Waals surface area contributed by atoms with E-state index in [0.29, 0.717) is 13.1 Å². The third-order valence-electron chi connectivity index (χ3n) is 2.60. The molecule has 0 bridgehead atoms. The van der Waals surface area contributed by atoms with Crippen LogP contribution in [0, 0.1) is 5.82 Å². The summed E-state index contributed by atoms with van der Waals surface area (Å²) < 4.78 is 22.7. The van der Waals surface area contributed by atoms with Gasteiger partial charge < -0.3 is 0 Å². The molecule has 0 N–H and O–H groups in total. The van der Waals surface area contributed by atoms with Crippen molar-refractivity contribution in [3.05, 3.63) is 53.4 Å². The van der Waals surface area contributed by atoms with Crippen LogP contribution in [0.15, 0.2) is 36.4 Å². The van der Waals surface area contributed by atoms with Crippen LogP contribution in [0.25, 0.3) is 5.57 Å². The van der Waals surface area contributed by atoms with E-state index >= 15 is 0 Å². The predicted molar refractivity (Wildman–Crippen MR) is 87.3 cm³/mol. The first-order chi connectivity index (χ1) is 9.56. The molecule has 114 valence electrons.